The first-order valence-electron chi connectivity index (χ1n) is 7.55. The number of nitrogens with one attached hydrogen (secondary N) is 1. The maximum Gasteiger partial charge on any atom is 0.253 e. The van der Waals surface area contributed by atoms with Crippen LogP contribution in [-0.4, -0.2) is 30.4 Å². The van der Waals surface area contributed by atoms with Crippen LogP contribution < -0.4 is 5.32 Å². The Bertz CT molecular complexity index is 459. The topological polar surface area (TPSA) is 32.3 Å². The van der Waals surface area contributed by atoms with E-state index in [1.165, 1.54) is 0 Å². The van der Waals surface area contributed by atoms with Crippen LogP contribution in [0.1, 0.15) is 44.5 Å². The van der Waals surface area contributed by atoms with Crippen LogP contribution in [0.4, 0.5) is 5.69 Å². The molecule has 1 fully saturated rings. The van der Waals surface area contributed by atoms with E-state index < -0.39 is 0 Å². The Labute approximate surface area is 122 Å². The van der Waals surface area contributed by atoms with Crippen molar-refractivity contribution in [3.05, 3.63) is 29.8 Å². The van der Waals surface area contributed by atoms with Crippen LogP contribution in [-0.2, 0) is 0 Å². The van der Waals surface area contributed by atoms with Crippen molar-refractivity contribution in [1.82, 2.24) is 4.90 Å². The fourth-order valence-corrected chi connectivity index (χ4v) is 2.77. The Hall–Kier alpha value is -1.51. The van der Waals surface area contributed by atoms with E-state index in [4.69, 9.17) is 0 Å². The van der Waals surface area contributed by atoms with Gasteiger partial charge in [-0.15, -0.1) is 0 Å². The van der Waals surface area contributed by atoms with Crippen molar-refractivity contribution in [2.75, 3.05) is 25.0 Å². The molecule has 1 aromatic rings. The Morgan fingerprint density at radius 1 is 1.30 bits per heavy atom. The van der Waals surface area contributed by atoms with Crippen LogP contribution in [0.15, 0.2) is 24.3 Å². The maximum absolute atomic E-state index is 12.5. The number of carbonyl (C=O) groups excluding carboxylic acids is 1. The molecule has 110 valence electrons. The van der Waals surface area contributed by atoms with Gasteiger partial charge in [0.2, 0.25) is 0 Å². The Morgan fingerprint density at radius 3 is 2.45 bits per heavy atom. The average Bonchev–Trinajstić information content (AvgIpc) is 2.89. The Morgan fingerprint density at radius 2 is 1.95 bits per heavy atom. The summed E-state index contributed by atoms with van der Waals surface area (Å²) >= 11 is 0. The molecule has 1 heterocycles. The van der Waals surface area contributed by atoms with Gasteiger partial charge in [0.1, 0.15) is 0 Å². The summed E-state index contributed by atoms with van der Waals surface area (Å²) in [5.74, 6) is 0.771. The van der Waals surface area contributed by atoms with Crippen LogP contribution >= 0.6 is 0 Å². The molecule has 0 aliphatic carbocycles. The molecule has 1 aliphatic rings. The van der Waals surface area contributed by atoms with Gasteiger partial charge in [0, 0.05) is 30.9 Å². The highest BCUT2D eigenvalue weighted by molar-refractivity contribution is 5.94. The number of likely N-dealkylation sites (tertiary alicyclic amines) is 1. The SMILES string of the molecule is CCNc1ccc(C(=O)N2CCC(C(C)(C)C)C2)cc1. The number of anilines is 1. The first-order chi connectivity index (χ1) is 9.41. The van der Waals surface area contributed by atoms with Crippen molar-refractivity contribution in [3.63, 3.8) is 0 Å². The van der Waals surface area contributed by atoms with E-state index in [9.17, 15) is 4.79 Å². The van der Waals surface area contributed by atoms with Gasteiger partial charge in [0.05, 0.1) is 0 Å². The molecule has 0 bridgehead atoms. The molecule has 1 aliphatic heterocycles. The number of rotatable bonds is 3. The third kappa shape index (κ3) is 3.33. The monoisotopic (exact) mass is 274 g/mol. The lowest BCUT2D eigenvalue weighted by atomic mass is 9.80. The standard InChI is InChI=1S/C17H26N2O/c1-5-18-15-8-6-13(7-9-15)16(20)19-11-10-14(12-19)17(2,3)4/h6-9,14,18H,5,10-12H2,1-4H3. The summed E-state index contributed by atoms with van der Waals surface area (Å²) < 4.78 is 0. The molecular formula is C17H26N2O. The number of amides is 1. The largest absolute Gasteiger partial charge is 0.385 e. The Balaban J connectivity index is 2.01. The second kappa shape index (κ2) is 5.86. The fourth-order valence-electron chi connectivity index (χ4n) is 2.77. The van der Waals surface area contributed by atoms with Crippen LogP contribution in [0, 0.1) is 11.3 Å². The Kier molecular flexibility index (Phi) is 4.36. The van der Waals surface area contributed by atoms with E-state index in [2.05, 4.69) is 33.0 Å². The maximum atomic E-state index is 12.5. The molecule has 3 heteroatoms. The van der Waals surface area contributed by atoms with E-state index in [0.717, 1.165) is 37.3 Å². The number of nitrogens with zero attached hydrogens (tertiary/aromatic N) is 1. The van der Waals surface area contributed by atoms with E-state index >= 15 is 0 Å². The summed E-state index contributed by atoms with van der Waals surface area (Å²) in [5.41, 5.74) is 2.14. The van der Waals surface area contributed by atoms with Gasteiger partial charge in [-0.25, -0.2) is 0 Å². The minimum atomic E-state index is 0.166. The number of hydrogen-bond donors (Lipinski definition) is 1. The van der Waals surface area contributed by atoms with Gasteiger partial charge < -0.3 is 10.2 Å². The van der Waals surface area contributed by atoms with Gasteiger partial charge in [-0.3, -0.25) is 4.79 Å². The van der Waals surface area contributed by atoms with Gasteiger partial charge in [-0.1, -0.05) is 20.8 Å². The fraction of sp³-hybridized carbons (Fsp3) is 0.588. The van der Waals surface area contributed by atoms with Gasteiger partial charge in [-0.05, 0) is 48.9 Å². The molecule has 3 nitrogen and oxygen atoms in total. The molecule has 1 N–H and O–H groups in total. The third-order valence-corrected chi connectivity index (χ3v) is 4.21. The molecule has 20 heavy (non-hydrogen) atoms. The lowest BCUT2D eigenvalue weighted by Crippen LogP contribution is -2.31. The lowest BCUT2D eigenvalue weighted by Gasteiger charge is -2.27. The summed E-state index contributed by atoms with van der Waals surface area (Å²) in [6.45, 7) is 11.5. The highest BCUT2D eigenvalue weighted by Gasteiger charge is 2.33. The van der Waals surface area contributed by atoms with Crippen molar-refractivity contribution < 1.29 is 4.79 Å². The zero-order valence-electron chi connectivity index (χ0n) is 13.1. The highest BCUT2D eigenvalue weighted by atomic mass is 16.2. The summed E-state index contributed by atoms with van der Waals surface area (Å²) in [5, 5.41) is 3.25. The van der Waals surface area contributed by atoms with Crippen molar-refractivity contribution >= 4 is 11.6 Å². The quantitative estimate of drug-likeness (QED) is 0.913. The van der Waals surface area contributed by atoms with Gasteiger partial charge in [0.25, 0.3) is 5.91 Å². The number of carbonyl (C=O) groups is 1. The average molecular weight is 274 g/mol. The predicted molar refractivity (Wildman–Crippen MR) is 84.1 cm³/mol. The first-order valence-corrected chi connectivity index (χ1v) is 7.55. The zero-order valence-corrected chi connectivity index (χ0v) is 13.1. The van der Waals surface area contributed by atoms with E-state index in [1.54, 1.807) is 0 Å². The van der Waals surface area contributed by atoms with E-state index in [0.29, 0.717) is 5.92 Å². The molecule has 0 spiro atoms. The van der Waals surface area contributed by atoms with Crippen molar-refractivity contribution in [2.24, 2.45) is 11.3 Å². The van der Waals surface area contributed by atoms with Crippen LogP contribution in [0.3, 0.4) is 0 Å². The number of benzene rings is 1. The molecular weight excluding hydrogens is 248 g/mol. The molecule has 0 saturated carbocycles. The third-order valence-electron chi connectivity index (χ3n) is 4.21. The normalized spacial score (nSPS) is 19.2. The second-order valence-electron chi connectivity index (χ2n) is 6.71. The molecule has 1 atom stereocenters. The molecule has 1 unspecified atom stereocenters. The summed E-state index contributed by atoms with van der Waals surface area (Å²) in [4.78, 5) is 14.5. The van der Waals surface area contributed by atoms with E-state index in [-0.39, 0.29) is 11.3 Å². The minimum Gasteiger partial charge on any atom is -0.385 e. The summed E-state index contributed by atoms with van der Waals surface area (Å²) in [6.07, 6.45) is 1.12. The van der Waals surface area contributed by atoms with E-state index in [1.807, 2.05) is 29.2 Å². The van der Waals surface area contributed by atoms with Crippen LogP contribution in [0.5, 0.6) is 0 Å². The first kappa shape index (κ1) is 14.9. The predicted octanol–water partition coefficient (Wildman–Crippen LogP) is 3.63. The molecule has 1 aromatic carbocycles. The molecule has 2 rings (SSSR count). The lowest BCUT2D eigenvalue weighted by molar-refractivity contribution is 0.0776. The second-order valence-corrected chi connectivity index (χ2v) is 6.71. The molecule has 1 saturated heterocycles. The summed E-state index contributed by atoms with van der Waals surface area (Å²) in [6, 6.07) is 7.80. The van der Waals surface area contributed by atoms with Gasteiger partial charge in [0.15, 0.2) is 0 Å². The van der Waals surface area contributed by atoms with Gasteiger partial charge >= 0.3 is 0 Å². The molecule has 0 radical (unpaired) electrons. The van der Waals surface area contributed by atoms with Crippen LogP contribution in [0.2, 0.25) is 0 Å². The van der Waals surface area contributed by atoms with Crippen molar-refractivity contribution in [2.45, 2.75) is 34.1 Å². The minimum absolute atomic E-state index is 0.166. The van der Waals surface area contributed by atoms with Crippen LogP contribution in [0.25, 0.3) is 0 Å². The molecule has 0 aromatic heterocycles. The summed E-state index contributed by atoms with van der Waals surface area (Å²) in [7, 11) is 0. The highest BCUT2D eigenvalue weighted by Crippen LogP contribution is 2.34. The smallest absolute Gasteiger partial charge is 0.253 e. The molecule has 1 amide bonds. The zero-order chi connectivity index (χ0) is 14.8. The van der Waals surface area contributed by atoms with Gasteiger partial charge in [-0.2, -0.15) is 0 Å². The van der Waals surface area contributed by atoms with Crippen molar-refractivity contribution in [1.29, 1.82) is 0 Å². The van der Waals surface area contributed by atoms with Crippen molar-refractivity contribution in [3.8, 4) is 0 Å². The number of hydrogen-bond acceptors (Lipinski definition) is 2.